The normalized spacial score (nSPS) is 11.6. The lowest BCUT2D eigenvalue weighted by Gasteiger charge is -2.23. The molecule has 2 nitrogen and oxygen atoms in total. The van der Waals surface area contributed by atoms with Crippen LogP contribution in [0.5, 0.6) is 0 Å². The Labute approximate surface area is 122 Å². The number of aromatic nitrogens is 1. The van der Waals surface area contributed by atoms with Crippen molar-refractivity contribution in [1.29, 1.82) is 0 Å². The van der Waals surface area contributed by atoms with Crippen LogP contribution in [0.1, 0.15) is 38.4 Å². The minimum atomic E-state index is 0. The number of para-hydroxylation sites is 1. The van der Waals surface area contributed by atoms with Crippen LogP contribution in [0.2, 0.25) is 0 Å². The third-order valence-electron chi connectivity index (χ3n) is 4.00. The maximum atomic E-state index is 3.64. The second kappa shape index (κ2) is 6.44. The second-order valence-electron chi connectivity index (χ2n) is 5.62. The highest BCUT2D eigenvalue weighted by Crippen LogP contribution is 2.33. The molecule has 2 aromatic rings. The molecule has 1 heterocycles. The third-order valence-corrected chi connectivity index (χ3v) is 4.00. The van der Waals surface area contributed by atoms with Crippen LogP contribution in [-0.4, -0.2) is 18.6 Å². The molecule has 0 saturated carbocycles. The Morgan fingerprint density at radius 3 is 2.53 bits per heavy atom. The predicted octanol–water partition coefficient (Wildman–Crippen LogP) is 4.04. The van der Waals surface area contributed by atoms with Crippen molar-refractivity contribution in [2.75, 3.05) is 13.6 Å². The van der Waals surface area contributed by atoms with Gasteiger partial charge in [0.2, 0.25) is 0 Å². The van der Waals surface area contributed by atoms with E-state index < -0.39 is 0 Å². The Kier molecular flexibility index (Phi) is 5.45. The highest BCUT2D eigenvalue weighted by Gasteiger charge is 2.24. The van der Waals surface area contributed by atoms with E-state index in [9.17, 15) is 0 Å². The van der Waals surface area contributed by atoms with Crippen molar-refractivity contribution in [2.45, 2.75) is 39.0 Å². The number of benzene rings is 1. The Hall–Kier alpha value is -0.990. The van der Waals surface area contributed by atoms with Gasteiger partial charge in [0, 0.05) is 22.0 Å². The number of H-pyrrole nitrogens is 1. The zero-order valence-corrected chi connectivity index (χ0v) is 13.2. The third kappa shape index (κ3) is 3.13. The lowest BCUT2D eigenvalue weighted by atomic mass is 9.83. The molecule has 0 spiro atoms. The number of fused-ring (bicyclic) bond motifs is 1. The van der Waals surface area contributed by atoms with Gasteiger partial charge >= 0.3 is 0 Å². The number of hydrogen-bond acceptors (Lipinski definition) is 1. The van der Waals surface area contributed by atoms with Gasteiger partial charge in [-0.1, -0.05) is 39.0 Å². The number of halogens is 1. The standard InChI is InChI=1S/C16H24N2.ClH/c1-5-16(2,3)15-13(10-11-17-4)12-8-6-7-9-14(12)18-15;/h6-9,17-18H,5,10-11H2,1-4H3;1H. The van der Waals surface area contributed by atoms with Crippen LogP contribution in [0.3, 0.4) is 0 Å². The molecule has 2 N–H and O–H groups in total. The van der Waals surface area contributed by atoms with Gasteiger partial charge in [-0.15, -0.1) is 12.4 Å². The molecule has 2 rings (SSSR count). The van der Waals surface area contributed by atoms with Crippen LogP contribution in [0.4, 0.5) is 0 Å². The molecule has 0 atom stereocenters. The number of aromatic amines is 1. The van der Waals surface area contributed by atoms with Gasteiger partial charge in [-0.05, 0) is 38.1 Å². The molecule has 1 aromatic heterocycles. The van der Waals surface area contributed by atoms with Gasteiger partial charge < -0.3 is 10.3 Å². The smallest absolute Gasteiger partial charge is 0.0459 e. The molecular formula is C16H25ClN2. The SMILES string of the molecule is CCC(C)(C)c1[nH]c2ccccc2c1CCNC.Cl. The zero-order valence-electron chi connectivity index (χ0n) is 12.3. The van der Waals surface area contributed by atoms with E-state index in [4.69, 9.17) is 0 Å². The molecule has 0 aliphatic carbocycles. The maximum absolute atomic E-state index is 3.64. The molecule has 0 aliphatic heterocycles. The molecule has 1 aromatic carbocycles. The highest BCUT2D eigenvalue weighted by atomic mass is 35.5. The first kappa shape index (κ1) is 16.1. The first-order valence-electron chi connectivity index (χ1n) is 6.85. The molecule has 19 heavy (non-hydrogen) atoms. The summed E-state index contributed by atoms with van der Waals surface area (Å²) in [5.74, 6) is 0. The van der Waals surface area contributed by atoms with Gasteiger partial charge in [0.1, 0.15) is 0 Å². The number of rotatable bonds is 5. The molecule has 0 unspecified atom stereocenters. The number of nitrogens with one attached hydrogen (secondary N) is 2. The average Bonchev–Trinajstić information content (AvgIpc) is 2.76. The van der Waals surface area contributed by atoms with Crippen molar-refractivity contribution in [3.63, 3.8) is 0 Å². The first-order chi connectivity index (χ1) is 8.60. The quantitative estimate of drug-likeness (QED) is 0.850. The maximum Gasteiger partial charge on any atom is 0.0459 e. The van der Waals surface area contributed by atoms with Crippen LogP contribution >= 0.6 is 12.4 Å². The van der Waals surface area contributed by atoms with E-state index in [1.807, 2.05) is 7.05 Å². The summed E-state index contributed by atoms with van der Waals surface area (Å²) in [4.78, 5) is 3.64. The summed E-state index contributed by atoms with van der Waals surface area (Å²) in [5, 5.41) is 4.63. The van der Waals surface area contributed by atoms with Crippen molar-refractivity contribution < 1.29 is 0 Å². The summed E-state index contributed by atoms with van der Waals surface area (Å²) in [6.45, 7) is 7.92. The fourth-order valence-electron chi connectivity index (χ4n) is 2.46. The van der Waals surface area contributed by atoms with Gasteiger partial charge in [0.05, 0.1) is 0 Å². The minimum absolute atomic E-state index is 0. The van der Waals surface area contributed by atoms with Crippen molar-refractivity contribution in [2.24, 2.45) is 0 Å². The molecule has 0 fully saturated rings. The van der Waals surface area contributed by atoms with Gasteiger partial charge in [-0.3, -0.25) is 0 Å². The zero-order chi connectivity index (χ0) is 13.2. The molecule has 106 valence electrons. The summed E-state index contributed by atoms with van der Waals surface area (Å²) >= 11 is 0. The Balaban J connectivity index is 0.00000180. The molecule has 0 bridgehead atoms. The molecule has 3 heteroatoms. The first-order valence-corrected chi connectivity index (χ1v) is 6.85. The largest absolute Gasteiger partial charge is 0.358 e. The van der Waals surface area contributed by atoms with Crippen molar-refractivity contribution in [3.8, 4) is 0 Å². The van der Waals surface area contributed by atoms with Crippen LogP contribution in [0, 0.1) is 0 Å². The summed E-state index contributed by atoms with van der Waals surface area (Å²) in [6, 6.07) is 8.63. The van der Waals surface area contributed by atoms with Gasteiger partial charge in [0.15, 0.2) is 0 Å². The Morgan fingerprint density at radius 2 is 1.89 bits per heavy atom. The van der Waals surface area contributed by atoms with E-state index in [1.165, 1.54) is 22.2 Å². The number of hydrogen-bond donors (Lipinski definition) is 2. The Bertz CT molecular complexity index is 529. The lowest BCUT2D eigenvalue weighted by molar-refractivity contribution is 0.488. The molecular weight excluding hydrogens is 256 g/mol. The summed E-state index contributed by atoms with van der Waals surface area (Å²) in [5.41, 5.74) is 4.36. The average molecular weight is 281 g/mol. The molecule has 0 amide bonds. The van der Waals surface area contributed by atoms with E-state index >= 15 is 0 Å². The van der Waals surface area contributed by atoms with E-state index in [-0.39, 0.29) is 17.8 Å². The van der Waals surface area contributed by atoms with Crippen LogP contribution in [0.15, 0.2) is 24.3 Å². The van der Waals surface area contributed by atoms with Gasteiger partial charge in [-0.2, -0.15) is 0 Å². The fraction of sp³-hybridized carbons (Fsp3) is 0.500. The van der Waals surface area contributed by atoms with Crippen LogP contribution < -0.4 is 5.32 Å². The lowest BCUT2D eigenvalue weighted by Crippen LogP contribution is -2.20. The number of likely N-dealkylation sites (N-methyl/N-ethyl adjacent to an activating group) is 1. The van der Waals surface area contributed by atoms with Crippen molar-refractivity contribution in [1.82, 2.24) is 10.3 Å². The monoisotopic (exact) mass is 280 g/mol. The van der Waals surface area contributed by atoms with Crippen LogP contribution in [0.25, 0.3) is 10.9 Å². The van der Waals surface area contributed by atoms with Gasteiger partial charge in [-0.25, -0.2) is 0 Å². The van der Waals surface area contributed by atoms with Crippen molar-refractivity contribution in [3.05, 3.63) is 35.5 Å². The minimum Gasteiger partial charge on any atom is -0.358 e. The second-order valence-corrected chi connectivity index (χ2v) is 5.62. The molecule has 0 aliphatic rings. The topological polar surface area (TPSA) is 27.8 Å². The van der Waals surface area contributed by atoms with E-state index in [0.29, 0.717) is 0 Å². The van der Waals surface area contributed by atoms with Crippen molar-refractivity contribution >= 4 is 23.3 Å². The fourth-order valence-corrected chi connectivity index (χ4v) is 2.46. The summed E-state index contributed by atoms with van der Waals surface area (Å²) in [6.07, 6.45) is 2.23. The summed E-state index contributed by atoms with van der Waals surface area (Å²) < 4.78 is 0. The summed E-state index contributed by atoms with van der Waals surface area (Å²) in [7, 11) is 2.01. The van der Waals surface area contributed by atoms with Gasteiger partial charge in [0.25, 0.3) is 0 Å². The van der Waals surface area contributed by atoms with E-state index in [0.717, 1.165) is 19.4 Å². The molecule has 0 saturated heterocycles. The van der Waals surface area contributed by atoms with E-state index in [1.54, 1.807) is 0 Å². The Morgan fingerprint density at radius 1 is 1.21 bits per heavy atom. The van der Waals surface area contributed by atoms with E-state index in [2.05, 4.69) is 55.3 Å². The van der Waals surface area contributed by atoms with Crippen LogP contribution in [-0.2, 0) is 11.8 Å². The highest BCUT2D eigenvalue weighted by molar-refractivity contribution is 5.85. The molecule has 0 radical (unpaired) electrons. The predicted molar refractivity (Wildman–Crippen MR) is 86.5 cm³/mol.